The molecule has 2 aromatic rings. The largest absolute Gasteiger partial charge is 0.462 e. The highest BCUT2D eigenvalue weighted by molar-refractivity contribution is 5.92. The lowest BCUT2D eigenvalue weighted by molar-refractivity contribution is 0.0523. The number of pyridine rings is 1. The van der Waals surface area contributed by atoms with Crippen molar-refractivity contribution in [2.75, 3.05) is 6.61 Å². The van der Waals surface area contributed by atoms with Gasteiger partial charge >= 0.3 is 5.97 Å². The third-order valence-electron chi connectivity index (χ3n) is 2.26. The maximum Gasteiger partial charge on any atom is 0.341 e. The van der Waals surface area contributed by atoms with Gasteiger partial charge in [-0.05, 0) is 31.2 Å². The number of nitrogens with zero attached hydrogens (tertiary/aromatic N) is 1. The molecule has 0 aliphatic carbocycles. The number of benzene rings is 1. The third-order valence-corrected chi connectivity index (χ3v) is 2.26. The van der Waals surface area contributed by atoms with Gasteiger partial charge in [-0.25, -0.2) is 4.79 Å². The quantitative estimate of drug-likeness (QED) is 0.774. The lowest BCUT2D eigenvalue weighted by Gasteiger charge is -2.09. The SMILES string of the molecule is CCOC(=O)c1ccccc1Oc1ccncc1. The Morgan fingerprint density at radius 2 is 1.89 bits per heavy atom. The van der Waals surface area contributed by atoms with Gasteiger partial charge in [-0.2, -0.15) is 0 Å². The molecule has 1 aromatic heterocycles. The first-order chi connectivity index (χ1) is 8.81. The van der Waals surface area contributed by atoms with E-state index in [1.807, 2.05) is 0 Å². The van der Waals surface area contributed by atoms with Crippen LogP contribution in [0.4, 0.5) is 0 Å². The number of carbonyl (C=O) groups is 1. The van der Waals surface area contributed by atoms with E-state index >= 15 is 0 Å². The van der Waals surface area contributed by atoms with E-state index in [1.165, 1.54) is 0 Å². The number of para-hydroxylation sites is 1. The number of esters is 1. The zero-order chi connectivity index (χ0) is 12.8. The molecule has 1 heterocycles. The van der Waals surface area contributed by atoms with Crippen LogP contribution in [0.2, 0.25) is 0 Å². The van der Waals surface area contributed by atoms with Gasteiger partial charge in [0.05, 0.1) is 6.61 Å². The highest BCUT2D eigenvalue weighted by Gasteiger charge is 2.13. The average molecular weight is 243 g/mol. The lowest BCUT2D eigenvalue weighted by atomic mass is 10.2. The summed E-state index contributed by atoms with van der Waals surface area (Å²) >= 11 is 0. The van der Waals surface area contributed by atoms with Crippen LogP contribution >= 0.6 is 0 Å². The van der Waals surface area contributed by atoms with Gasteiger partial charge in [0.25, 0.3) is 0 Å². The summed E-state index contributed by atoms with van der Waals surface area (Å²) in [6, 6.07) is 10.4. The molecular weight excluding hydrogens is 230 g/mol. The summed E-state index contributed by atoms with van der Waals surface area (Å²) < 4.78 is 10.6. The highest BCUT2D eigenvalue weighted by atomic mass is 16.5. The van der Waals surface area contributed by atoms with E-state index in [2.05, 4.69) is 4.98 Å². The van der Waals surface area contributed by atoms with E-state index < -0.39 is 0 Å². The number of aromatic nitrogens is 1. The molecular formula is C14H13NO3. The molecule has 18 heavy (non-hydrogen) atoms. The van der Waals surface area contributed by atoms with E-state index in [9.17, 15) is 4.79 Å². The minimum Gasteiger partial charge on any atom is -0.462 e. The summed E-state index contributed by atoms with van der Waals surface area (Å²) in [4.78, 5) is 15.6. The van der Waals surface area contributed by atoms with Gasteiger partial charge < -0.3 is 9.47 Å². The Morgan fingerprint density at radius 1 is 1.17 bits per heavy atom. The second-order valence-electron chi connectivity index (χ2n) is 3.50. The lowest BCUT2D eigenvalue weighted by Crippen LogP contribution is -2.06. The van der Waals surface area contributed by atoms with Gasteiger partial charge in [0.2, 0.25) is 0 Å². The zero-order valence-electron chi connectivity index (χ0n) is 10.00. The van der Waals surface area contributed by atoms with Gasteiger partial charge in [-0.3, -0.25) is 4.98 Å². The molecule has 0 amide bonds. The minimum atomic E-state index is -0.387. The molecule has 0 atom stereocenters. The van der Waals surface area contributed by atoms with Crippen LogP contribution < -0.4 is 4.74 Å². The second kappa shape index (κ2) is 5.82. The molecule has 0 bridgehead atoms. The van der Waals surface area contributed by atoms with Gasteiger partial charge in [-0.15, -0.1) is 0 Å². The third kappa shape index (κ3) is 2.85. The first kappa shape index (κ1) is 12.1. The Hall–Kier alpha value is -2.36. The normalized spacial score (nSPS) is 9.83. The van der Waals surface area contributed by atoms with Crippen LogP contribution in [0.25, 0.3) is 0 Å². The molecule has 0 aliphatic heterocycles. The standard InChI is InChI=1S/C14H13NO3/c1-2-17-14(16)12-5-3-4-6-13(12)18-11-7-9-15-10-8-11/h3-10H,2H2,1H3. The maximum absolute atomic E-state index is 11.7. The molecule has 0 saturated carbocycles. The average Bonchev–Trinajstić information content (AvgIpc) is 2.41. The number of carbonyl (C=O) groups excluding carboxylic acids is 1. The van der Waals surface area contributed by atoms with Crippen LogP contribution in [0.5, 0.6) is 11.5 Å². The molecule has 4 heteroatoms. The number of rotatable bonds is 4. The Bertz CT molecular complexity index is 526. The Balaban J connectivity index is 2.25. The second-order valence-corrected chi connectivity index (χ2v) is 3.50. The fraction of sp³-hybridized carbons (Fsp3) is 0.143. The Labute approximate surface area is 105 Å². The predicted octanol–water partition coefficient (Wildman–Crippen LogP) is 3.05. The molecule has 92 valence electrons. The molecule has 4 nitrogen and oxygen atoms in total. The van der Waals surface area contributed by atoms with Gasteiger partial charge in [0, 0.05) is 12.4 Å². The minimum absolute atomic E-state index is 0.336. The Kier molecular flexibility index (Phi) is 3.91. The predicted molar refractivity (Wildman–Crippen MR) is 66.7 cm³/mol. The molecule has 0 N–H and O–H groups in total. The van der Waals surface area contributed by atoms with Crippen LogP contribution in [0.3, 0.4) is 0 Å². The summed E-state index contributed by atoms with van der Waals surface area (Å²) in [7, 11) is 0. The molecule has 0 aliphatic rings. The van der Waals surface area contributed by atoms with Crippen molar-refractivity contribution in [1.82, 2.24) is 4.98 Å². The molecule has 0 spiro atoms. The zero-order valence-corrected chi connectivity index (χ0v) is 10.00. The smallest absolute Gasteiger partial charge is 0.341 e. The van der Waals surface area contributed by atoms with E-state index in [0.717, 1.165) is 0 Å². The molecule has 0 radical (unpaired) electrons. The van der Waals surface area contributed by atoms with Crippen molar-refractivity contribution in [3.05, 3.63) is 54.4 Å². The van der Waals surface area contributed by atoms with E-state index in [-0.39, 0.29) is 5.97 Å². The first-order valence-electron chi connectivity index (χ1n) is 5.65. The molecule has 2 rings (SSSR count). The van der Waals surface area contributed by atoms with Crippen molar-refractivity contribution >= 4 is 5.97 Å². The van der Waals surface area contributed by atoms with Crippen LogP contribution in [0.1, 0.15) is 17.3 Å². The number of ether oxygens (including phenoxy) is 2. The van der Waals surface area contributed by atoms with Crippen molar-refractivity contribution in [3.63, 3.8) is 0 Å². The molecule has 1 aromatic carbocycles. The summed E-state index contributed by atoms with van der Waals surface area (Å²) in [6.07, 6.45) is 3.25. The maximum atomic E-state index is 11.7. The summed E-state index contributed by atoms with van der Waals surface area (Å²) in [6.45, 7) is 2.10. The monoisotopic (exact) mass is 243 g/mol. The van der Waals surface area contributed by atoms with Crippen LogP contribution in [-0.2, 0) is 4.74 Å². The topological polar surface area (TPSA) is 48.4 Å². The molecule has 0 fully saturated rings. The summed E-state index contributed by atoms with van der Waals surface area (Å²) in [5.74, 6) is 0.714. The van der Waals surface area contributed by atoms with E-state index in [1.54, 1.807) is 55.7 Å². The fourth-order valence-corrected chi connectivity index (χ4v) is 1.47. The molecule has 0 saturated heterocycles. The summed E-state index contributed by atoms with van der Waals surface area (Å²) in [5.41, 5.74) is 0.413. The number of hydrogen-bond donors (Lipinski definition) is 0. The van der Waals surface area contributed by atoms with Crippen molar-refractivity contribution in [2.45, 2.75) is 6.92 Å². The van der Waals surface area contributed by atoms with Crippen LogP contribution in [-0.4, -0.2) is 17.6 Å². The van der Waals surface area contributed by atoms with E-state index in [4.69, 9.17) is 9.47 Å². The Morgan fingerprint density at radius 3 is 2.61 bits per heavy atom. The van der Waals surface area contributed by atoms with Gasteiger partial charge in [0.15, 0.2) is 0 Å². The van der Waals surface area contributed by atoms with Gasteiger partial charge in [-0.1, -0.05) is 12.1 Å². The van der Waals surface area contributed by atoms with Crippen molar-refractivity contribution in [2.24, 2.45) is 0 Å². The van der Waals surface area contributed by atoms with Crippen molar-refractivity contribution < 1.29 is 14.3 Å². The van der Waals surface area contributed by atoms with Crippen molar-refractivity contribution in [1.29, 1.82) is 0 Å². The fourth-order valence-electron chi connectivity index (χ4n) is 1.47. The van der Waals surface area contributed by atoms with E-state index in [0.29, 0.717) is 23.7 Å². The van der Waals surface area contributed by atoms with Gasteiger partial charge in [0.1, 0.15) is 17.1 Å². The van der Waals surface area contributed by atoms with Crippen molar-refractivity contribution in [3.8, 4) is 11.5 Å². The van der Waals surface area contributed by atoms with Crippen LogP contribution in [0, 0.1) is 0 Å². The molecule has 0 unspecified atom stereocenters. The first-order valence-corrected chi connectivity index (χ1v) is 5.65. The highest BCUT2D eigenvalue weighted by Crippen LogP contribution is 2.25. The van der Waals surface area contributed by atoms with Crippen LogP contribution in [0.15, 0.2) is 48.8 Å². The number of hydrogen-bond acceptors (Lipinski definition) is 4. The summed E-state index contributed by atoms with van der Waals surface area (Å²) in [5, 5.41) is 0.